The smallest absolute Gasteiger partial charge is 0.0786 e. The lowest BCUT2D eigenvalue weighted by molar-refractivity contribution is -0.897. The van der Waals surface area contributed by atoms with Gasteiger partial charge in [-0.1, -0.05) is 26.2 Å². The molecule has 1 saturated heterocycles. The Hall–Kier alpha value is 0.440. The fourth-order valence-electron chi connectivity index (χ4n) is 2.42. The molecule has 1 rings (SSSR count). The molecule has 0 saturated carbocycles. The summed E-state index contributed by atoms with van der Waals surface area (Å²) in [4.78, 5) is 0. The van der Waals surface area contributed by atoms with E-state index in [0.717, 1.165) is 0 Å². The molecule has 1 aliphatic heterocycles. The van der Waals surface area contributed by atoms with Gasteiger partial charge < -0.3 is 21.5 Å². The highest BCUT2D eigenvalue weighted by molar-refractivity contribution is 4.52. The summed E-state index contributed by atoms with van der Waals surface area (Å²) >= 11 is 0. The minimum atomic E-state index is 0. The average molecular weight is 264 g/mol. The second-order valence-corrected chi connectivity index (χ2v) is 4.91. The molecule has 0 N–H and O–H groups in total. The lowest BCUT2D eigenvalue weighted by Crippen LogP contribution is -3.00. The lowest BCUT2D eigenvalue weighted by atomic mass is 10.1. The molecule has 0 atom stereocenters. The number of hydrogen-bond donors (Lipinski definition) is 0. The predicted molar refractivity (Wildman–Crippen MR) is 58.8 cm³/mol. The number of rotatable bonds is 6. The molecular formula is C12H26BrN. The van der Waals surface area contributed by atoms with Crippen molar-refractivity contribution in [1.82, 2.24) is 0 Å². The van der Waals surface area contributed by atoms with Gasteiger partial charge in [0.1, 0.15) is 0 Å². The molecule has 0 radical (unpaired) electrons. The van der Waals surface area contributed by atoms with Crippen LogP contribution in [0.2, 0.25) is 0 Å². The van der Waals surface area contributed by atoms with E-state index in [1.165, 1.54) is 69.1 Å². The number of unbranched alkanes of at least 4 members (excludes halogenated alkanes) is 4. The second-order valence-electron chi connectivity index (χ2n) is 4.91. The van der Waals surface area contributed by atoms with Crippen LogP contribution in [0.4, 0.5) is 0 Å². The molecule has 0 bridgehead atoms. The first-order valence-corrected chi connectivity index (χ1v) is 6.10. The van der Waals surface area contributed by atoms with Gasteiger partial charge in [-0.05, 0) is 12.8 Å². The molecule has 1 aliphatic rings. The zero-order valence-electron chi connectivity index (χ0n) is 9.90. The molecule has 0 aromatic heterocycles. The van der Waals surface area contributed by atoms with Gasteiger partial charge in [-0.15, -0.1) is 0 Å². The Bertz CT molecular complexity index is 130. The molecule has 1 nitrogen and oxygen atoms in total. The minimum absolute atomic E-state index is 0. The van der Waals surface area contributed by atoms with Gasteiger partial charge in [0.05, 0.1) is 26.7 Å². The average Bonchev–Trinajstić information content (AvgIpc) is 2.53. The molecule has 14 heavy (non-hydrogen) atoms. The van der Waals surface area contributed by atoms with E-state index >= 15 is 0 Å². The van der Waals surface area contributed by atoms with Crippen molar-refractivity contribution >= 4 is 0 Å². The quantitative estimate of drug-likeness (QED) is 0.475. The van der Waals surface area contributed by atoms with Crippen LogP contribution in [0.15, 0.2) is 0 Å². The number of nitrogens with zero attached hydrogens (tertiary/aromatic N) is 1. The fraction of sp³-hybridized carbons (Fsp3) is 1.00. The predicted octanol–water partition coefficient (Wildman–Crippen LogP) is 0.201. The van der Waals surface area contributed by atoms with Gasteiger partial charge in [0.15, 0.2) is 0 Å². The molecule has 86 valence electrons. The van der Waals surface area contributed by atoms with Gasteiger partial charge in [-0.3, -0.25) is 0 Å². The summed E-state index contributed by atoms with van der Waals surface area (Å²) in [6, 6.07) is 0. The molecule has 0 amide bonds. The maximum Gasteiger partial charge on any atom is 0.0786 e. The van der Waals surface area contributed by atoms with Gasteiger partial charge in [0.25, 0.3) is 0 Å². The zero-order valence-corrected chi connectivity index (χ0v) is 11.5. The molecule has 0 spiro atoms. The van der Waals surface area contributed by atoms with E-state index in [-0.39, 0.29) is 17.0 Å². The Morgan fingerprint density at radius 3 is 2.07 bits per heavy atom. The summed E-state index contributed by atoms with van der Waals surface area (Å²) in [5.41, 5.74) is 0. The van der Waals surface area contributed by atoms with Crippen molar-refractivity contribution in [2.75, 3.05) is 26.7 Å². The Morgan fingerprint density at radius 1 is 0.929 bits per heavy atom. The monoisotopic (exact) mass is 263 g/mol. The van der Waals surface area contributed by atoms with E-state index in [0.29, 0.717) is 0 Å². The summed E-state index contributed by atoms with van der Waals surface area (Å²) in [6.07, 6.45) is 10.1. The van der Waals surface area contributed by atoms with Gasteiger partial charge in [-0.25, -0.2) is 0 Å². The fourth-order valence-corrected chi connectivity index (χ4v) is 2.42. The molecule has 0 aromatic carbocycles. The highest BCUT2D eigenvalue weighted by Gasteiger charge is 2.25. The second kappa shape index (κ2) is 7.70. The number of hydrogen-bond acceptors (Lipinski definition) is 0. The Kier molecular flexibility index (Phi) is 7.94. The van der Waals surface area contributed by atoms with Crippen LogP contribution in [-0.2, 0) is 0 Å². The minimum Gasteiger partial charge on any atom is -1.00 e. The van der Waals surface area contributed by atoms with Crippen molar-refractivity contribution in [2.24, 2.45) is 0 Å². The van der Waals surface area contributed by atoms with Crippen LogP contribution in [0.5, 0.6) is 0 Å². The first-order valence-electron chi connectivity index (χ1n) is 6.10. The standard InChI is InChI=1S/C12H26N.BrH/c1-3-4-5-6-7-10-13(2)11-8-9-12-13;/h3-12H2,1-2H3;1H/q+1;/p-1. The maximum atomic E-state index is 2.44. The number of quaternary nitrogens is 1. The highest BCUT2D eigenvalue weighted by Crippen LogP contribution is 2.17. The number of likely N-dealkylation sites (tertiary alicyclic amines) is 1. The van der Waals surface area contributed by atoms with Crippen molar-refractivity contribution in [3.8, 4) is 0 Å². The summed E-state index contributed by atoms with van der Waals surface area (Å²) in [5, 5.41) is 0. The third kappa shape index (κ3) is 5.35. The maximum absolute atomic E-state index is 2.44. The van der Waals surface area contributed by atoms with Crippen LogP contribution in [0.3, 0.4) is 0 Å². The third-order valence-corrected chi connectivity index (χ3v) is 3.45. The van der Waals surface area contributed by atoms with Gasteiger partial charge in [0.2, 0.25) is 0 Å². The van der Waals surface area contributed by atoms with Crippen molar-refractivity contribution in [1.29, 1.82) is 0 Å². The summed E-state index contributed by atoms with van der Waals surface area (Å²) in [5.74, 6) is 0. The summed E-state index contributed by atoms with van der Waals surface area (Å²) < 4.78 is 1.37. The molecule has 0 aliphatic carbocycles. The van der Waals surface area contributed by atoms with Crippen molar-refractivity contribution in [2.45, 2.75) is 51.9 Å². The van der Waals surface area contributed by atoms with Crippen LogP contribution < -0.4 is 17.0 Å². The highest BCUT2D eigenvalue weighted by atomic mass is 79.9. The lowest BCUT2D eigenvalue weighted by Gasteiger charge is -2.29. The third-order valence-electron chi connectivity index (χ3n) is 3.45. The Balaban J connectivity index is 0.00000169. The normalized spacial score (nSPS) is 19.3. The van der Waals surface area contributed by atoms with Crippen molar-refractivity contribution in [3.63, 3.8) is 0 Å². The number of halogens is 1. The van der Waals surface area contributed by atoms with Gasteiger partial charge in [0, 0.05) is 12.8 Å². The Morgan fingerprint density at radius 2 is 1.50 bits per heavy atom. The van der Waals surface area contributed by atoms with Crippen molar-refractivity contribution < 1.29 is 21.5 Å². The van der Waals surface area contributed by atoms with Crippen LogP contribution in [-0.4, -0.2) is 31.2 Å². The van der Waals surface area contributed by atoms with Crippen LogP contribution >= 0.6 is 0 Å². The van der Waals surface area contributed by atoms with Crippen LogP contribution in [0, 0.1) is 0 Å². The molecular weight excluding hydrogens is 238 g/mol. The molecule has 2 heteroatoms. The summed E-state index contributed by atoms with van der Waals surface area (Å²) in [6.45, 7) is 6.60. The van der Waals surface area contributed by atoms with E-state index in [2.05, 4.69) is 14.0 Å². The van der Waals surface area contributed by atoms with Crippen molar-refractivity contribution in [3.05, 3.63) is 0 Å². The largest absolute Gasteiger partial charge is 1.00 e. The van der Waals surface area contributed by atoms with E-state index in [9.17, 15) is 0 Å². The molecule has 1 fully saturated rings. The first-order chi connectivity index (χ1) is 6.27. The van der Waals surface area contributed by atoms with Crippen LogP contribution in [0.25, 0.3) is 0 Å². The van der Waals surface area contributed by atoms with E-state index in [1.54, 1.807) is 0 Å². The molecule has 1 heterocycles. The molecule has 0 aromatic rings. The van der Waals surface area contributed by atoms with Gasteiger partial charge in [-0.2, -0.15) is 0 Å². The van der Waals surface area contributed by atoms with E-state index in [4.69, 9.17) is 0 Å². The Labute approximate surface area is 100 Å². The molecule has 0 unspecified atom stereocenters. The van der Waals surface area contributed by atoms with Crippen LogP contribution in [0.1, 0.15) is 51.9 Å². The first kappa shape index (κ1) is 14.4. The SMILES string of the molecule is CCCCCCC[N+]1(C)CCCC1.[Br-]. The zero-order chi connectivity index (χ0) is 9.57. The van der Waals surface area contributed by atoms with Gasteiger partial charge >= 0.3 is 0 Å². The van der Waals surface area contributed by atoms with E-state index in [1.807, 2.05) is 0 Å². The summed E-state index contributed by atoms with van der Waals surface area (Å²) in [7, 11) is 2.44. The van der Waals surface area contributed by atoms with E-state index < -0.39 is 0 Å². The topological polar surface area (TPSA) is 0 Å².